The quantitative estimate of drug-likeness (QED) is 0.0361. The van der Waals surface area contributed by atoms with Crippen LogP contribution >= 0.6 is 0 Å². The molecule has 0 saturated carbocycles. The van der Waals surface area contributed by atoms with Crippen molar-refractivity contribution in [2.75, 3.05) is 26.9 Å². The van der Waals surface area contributed by atoms with E-state index in [1.54, 1.807) is 7.11 Å². The Kier molecular flexibility index (Phi) is 25.0. The van der Waals surface area contributed by atoms with Crippen LogP contribution in [0.3, 0.4) is 0 Å². The Balaban J connectivity index is 1.01. The third kappa shape index (κ3) is 18.6. The van der Waals surface area contributed by atoms with Gasteiger partial charge in [-0.2, -0.15) is 0 Å². The van der Waals surface area contributed by atoms with Crippen molar-refractivity contribution in [1.82, 2.24) is 0 Å². The molecule has 0 aliphatic carbocycles. The predicted octanol–water partition coefficient (Wildman–Crippen LogP) is 10.2. The molecule has 17 heteroatoms. The standard InChI is InChI=1S/C75H82O17/c1-79-60-39-37-59(38-40-60)49-86-71-67(82-44-54-27-13-4-14-28-54)64(77)61(41-76)89-74(71)92-66-63(51-81-43-53-25-11-3-12-26-53)90-75(72(87-48-58-35-21-8-22-36-58)69(66)84-46-56-31-17-6-18-32-56)91-65-62(50-80-42-52-23-9-2-10-24-52)88-73(78)70(85-47-57-33-19-7-20-34-57)68(65)83-45-55-29-15-5-16-30-55/h2-40,61-78H,41-51H2,1H3/t61-,62-,63-,64-,65-,66-,67+,68+,69+,70+,71+,72+,73+,74+,75+/m1/s1. The predicted molar refractivity (Wildman–Crippen MR) is 340 cm³/mol. The van der Waals surface area contributed by atoms with Crippen molar-refractivity contribution in [2.45, 2.75) is 145 Å². The maximum absolute atomic E-state index is 12.2. The molecule has 0 radical (unpaired) electrons. The van der Waals surface area contributed by atoms with Gasteiger partial charge in [0.05, 0.1) is 79.8 Å². The van der Waals surface area contributed by atoms with E-state index >= 15 is 0 Å². The van der Waals surface area contributed by atoms with Crippen molar-refractivity contribution in [3.63, 3.8) is 0 Å². The summed E-state index contributed by atoms with van der Waals surface area (Å²) in [5, 5.41) is 35.5. The van der Waals surface area contributed by atoms with Gasteiger partial charge in [-0.3, -0.25) is 0 Å². The average molecular weight is 1260 g/mol. The lowest BCUT2D eigenvalue weighted by Gasteiger charge is -2.51. The molecule has 17 nitrogen and oxygen atoms in total. The Morgan fingerprint density at radius 2 is 0.598 bits per heavy atom. The van der Waals surface area contributed by atoms with Gasteiger partial charge >= 0.3 is 0 Å². The van der Waals surface area contributed by atoms with Crippen LogP contribution in [0.25, 0.3) is 0 Å². The first-order valence-corrected chi connectivity index (χ1v) is 31.4. The molecule has 3 fully saturated rings. The molecule has 3 heterocycles. The lowest BCUT2D eigenvalue weighted by atomic mass is 9.95. The molecule has 484 valence electrons. The maximum atomic E-state index is 12.2. The monoisotopic (exact) mass is 1250 g/mol. The van der Waals surface area contributed by atoms with Crippen molar-refractivity contribution in [1.29, 1.82) is 0 Å². The lowest BCUT2D eigenvalue weighted by molar-refractivity contribution is -0.392. The minimum atomic E-state index is -1.50. The minimum absolute atomic E-state index is 0.0367. The number of hydrogen-bond acceptors (Lipinski definition) is 17. The first-order chi connectivity index (χ1) is 45.3. The van der Waals surface area contributed by atoms with Crippen molar-refractivity contribution in [3.8, 4) is 5.75 Å². The van der Waals surface area contributed by atoms with Gasteiger partial charge in [-0.25, -0.2) is 0 Å². The van der Waals surface area contributed by atoms with Crippen molar-refractivity contribution in [2.24, 2.45) is 0 Å². The van der Waals surface area contributed by atoms with Crippen LogP contribution < -0.4 is 4.74 Å². The van der Waals surface area contributed by atoms with Gasteiger partial charge in [-0.15, -0.1) is 0 Å². The molecule has 0 amide bonds. The molecule has 11 rings (SSSR count). The van der Waals surface area contributed by atoms with E-state index in [0.717, 1.165) is 44.5 Å². The minimum Gasteiger partial charge on any atom is -0.497 e. The normalized spacial score (nSPS) is 26.5. The number of methoxy groups -OCH3 is 1. The molecule has 0 unspecified atom stereocenters. The van der Waals surface area contributed by atoms with Crippen LogP contribution in [0.4, 0.5) is 0 Å². The molecular weight excluding hydrogens is 1170 g/mol. The van der Waals surface area contributed by atoms with Crippen LogP contribution in [0, 0.1) is 0 Å². The van der Waals surface area contributed by atoms with E-state index in [4.69, 9.17) is 66.3 Å². The number of aliphatic hydroxyl groups is 3. The lowest BCUT2D eigenvalue weighted by Crippen LogP contribution is -2.68. The number of benzene rings is 8. The van der Waals surface area contributed by atoms with Gasteiger partial charge in [0.15, 0.2) is 18.9 Å². The zero-order chi connectivity index (χ0) is 63.1. The van der Waals surface area contributed by atoms with Crippen LogP contribution in [-0.4, -0.2) is 134 Å². The van der Waals surface area contributed by atoms with E-state index in [9.17, 15) is 15.3 Å². The molecule has 8 aromatic carbocycles. The van der Waals surface area contributed by atoms with Crippen LogP contribution in [0.1, 0.15) is 44.5 Å². The average Bonchev–Trinajstić information content (AvgIpc) is 0.889. The number of aliphatic hydroxyl groups excluding tert-OH is 3. The zero-order valence-electron chi connectivity index (χ0n) is 51.5. The van der Waals surface area contributed by atoms with Gasteiger partial charge in [0.2, 0.25) is 0 Å². The summed E-state index contributed by atoms with van der Waals surface area (Å²) in [6, 6.07) is 75.4. The highest BCUT2D eigenvalue weighted by Crippen LogP contribution is 2.39. The molecule has 3 aliphatic heterocycles. The second kappa shape index (κ2) is 34.7. The van der Waals surface area contributed by atoms with Gasteiger partial charge < -0.3 is 81.6 Å². The number of hydrogen-bond donors (Lipinski definition) is 3. The Bertz CT molecular complexity index is 3310. The summed E-state index contributed by atoms with van der Waals surface area (Å²) in [7, 11) is 1.60. The van der Waals surface area contributed by atoms with Gasteiger partial charge in [0.1, 0.15) is 79.0 Å². The van der Waals surface area contributed by atoms with Gasteiger partial charge in [-0.05, 0) is 56.6 Å². The van der Waals surface area contributed by atoms with Crippen molar-refractivity contribution >= 4 is 0 Å². The fourth-order valence-corrected chi connectivity index (χ4v) is 11.5. The Labute approximate surface area is 538 Å². The molecule has 8 aromatic rings. The molecule has 92 heavy (non-hydrogen) atoms. The largest absolute Gasteiger partial charge is 0.497 e. The third-order valence-electron chi connectivity index (χ3n) is 16.4. The van der Waals surface area contributed by atoms with Gasteiger partial charge in [0, 0.05) is 0 Å². The van der Waals surface area contributed by atoms with Gasteiger partial charge in [-0.1, -0.05) is 224 Å². The summed E-state index contributed by atoms with van der Waals surface area (Å²) in [5.74, 6) is 0.666. The SMILES string of the molecule is COc1ccc(CO[C@@H]2[C@H](O[C@H]3[C@H](OCc4ccccc4)[C@H](OCc4ccccc4)[C@H](O[C@H]4[C@H](OCc5ccccc5)[C@H](OCc5ccccc5)[C@@H](O)O[C@@H]4COCc4ccccc4)O[C@@H]3COCc3ccccc3)O[C@H](CO)[C@@H](O)[C@@H]2OCc2ccccc2)cc1. The Hall–Kier alpha value is -7.08. The summed E-state index contributed by atoms with van der Waals surface area (Å²) in [4.78, 5) is 0. The second-order valence-electron chi connectivity index (χ2n) is 23.0. The van der Waals surface area contributed by atoms with E-state index in [1.807, 2.05) is 237 Å². The fraction of sp³-hybridized carbons (Fsp3) is 0.360. The summed E-state index contributed by atoms with van der Waals surface area (Å²) in [6.07, 6.45) is -17.8. The third-order valence-corrected chi connectivity index (χ3v) is 16.4. The highest BCUT2D eigenvalue weighted by molar-refractivity contribution is 5.27. The Morgan fingerprint density at radius 1 is 0.304 bits per heavy atom. The van der Waals surface area contributed by atoms with Crippen LogP contribution in [0.15, 0.2) is 237 Å². The first kappa shape index (κ1) is 66.4. The summed E-state index contributed by atoms with van der Waals surface area (Å²) >= 11 is 0. The molecule has 0 spiro atoms. The maximum Gasteiger partial charge on any atom is 0.187 e. The van der Waals surface area contributed by atoms with Crippen molar-refractivity contribution < 1.29 is 81.6 Å². The zero-order valence-corrected chi connectivity index (χ0v) is 51.5. The van der Waals surface area contributed by atoms with Crippen LogP contribution in [0.5, 0.6) is 5.75 Å². The number of ether oxygens (including phenoxy) is 14. The van der Waals surface area contributed by atoms with E-state index < -0.39 is 98.7 Å². The fourth-order valence-electron chi connectivity index (χ4n) is 11.5. The van der Waals surface area contributed by atoms with Crippen molar-refractivity contribution in [3.05, 3.63) is 281 Å². The molecule has 0 aromatic heterocycles. The Morgan fingerprint density at radius 3 is 0.967 bits per heavy atom. The summed E-state index contributed by atoms with van der Waals surface area (Å²) < 4.78 is 96.1. The molecule has 3 aliphatic rings. The summed E-state index contributed by atoms with van der Waals surface area (Å²) in [6.45, 7) is 0.143. The molecular formula is C75H82O17. The smallest absolute Gasteiger partial charge is 0.187 e. The highest BCUT2D eigenvalue weighted by atomic mass is 16.8. The molecule has 3 saturated heterocycles. The topological polar surface area (TPSA) is 190 Å². The number of rotatable bonds is 32. The second-order valence-corrected chi connectivity index (χ2v) is 23.0. The van der Waals surface area contributed by atoms with E-state index in [1.165, 1.54) is 0 Å². The van der Waals surface area contributed by atoms with Crippen LogP contribution in [-0.2, 0) is 114 Å². The first-order valence-electron chi connectivity index (χ1n) is 31.4. The van der Waals surface area contributed by atoms with E-state index in [2.05, 4.69) is 0 Å². The molecule has 15 atom stereocenters. The van der Waals surface area contributed by atoms with Gasteiger partial charge in [0.25, 0.3) is 0 Å². The van der Waals surface area contributed by atoms with E-state index in [0.29, 0.717) is 5.75 Å². The van der Waals surface area contributed by atoms with Crippen LogP contribution in [0.2, 0.25) is 0 Å². The molecule has 0 bridgehead atoms. The molecule has 3 N–H and O–H groups in total. The highest BCUT2D eigenvalue weighted by Gasteiger charge is 2.57. The van der Waals surface area contributed by atoms with E-state index in [-0.39, 0.29) is 66.1 Å². The summed E-state index contributed by atoms with van der Waals surface area (Å²) in [5.41, 5.74) is 6.90.